The van der Waals surface area contributed by atoms with Gasteiger partial charge in [-0.05, 0) is 12.1 Å². The number of rotatable bonds is 3. The van der Waals surface area contributed by atoms with Crippen LogP contribution in [0.5, 0.6) is 11.5 Å². The van der Waals surface area contributed by atoms with E-state index in [4.69, 9.17) is 5.14 Å². The number of nitrogens with two attached hydrogens (primary N) is 1. The highest BCUT2D eigenvalue weighted by atomic mass is 32.2. The van der Waals surface area contributed by atoms with E-state index in [0.717, 1.165) is 18.2 Å². The molecule has 1 rings (SSSR count). The normalized spacial score (nSPS) is 12.3. The maximum atomic E-state index is 12.0. The van der Waals surface area contributed by atoms with Crippen LogP contribution in [0.1, 0.15) is 0 Å². The van der Waals surface area contributed by atoms with Crippen molar-refractivity contribution in [2.75, 3.05) is 7.11 Å². The molecule has 0 aliphatic carbocycles. The number of methoxy groups -OCH3 is 1. The number of ether oxygens (including phenoxy) is 2. The minimum absolute atomic E-state index is 0.0450. The minimum atomic E-state index is -5.01. The quantitative estimate of drug-likeness (QED) is 0.897. The molecule has 9 heteroatoms. The minimum Gasteiger partial charge on any atom is -0.497 e. The molecule has 0 saturated carbocycles. The summed E-state index contributed by atoms with van der Waals surface area (Å²) in [7, 11) is -3.11. The lowest BCUT2D eigenvalue weighted by Gasteiger charge is -2.12. The summed E-state index contributed by atoms with van der Waals surface area (Å²) in [6.07, 6.45) is -5.01. The predicted molar refractivity (Wildman–Crippen MR) is 51.1 cm³/mol. The molecule has 2 N–H and O–H groups in total. The fourth-order valence-corrected chi connectivity index (χ4v) is 1.72. The Morgan fingerprint density at radius 1 is 1.29 bits per heavy atom. The molecule has 0 unspecified atom stereocenters. The van der Waals surface area contributed by atoms with Crippen LogP contribution in [0.3, 0.4) is 0 Å². The molecule has 0 aromatic heterocycles. The first kappa shape index (κ1) is 13.6. The summed E-state index contributed by atoms with van der Waals surface area (Å²) in [6, 6.07) is 2.78. The largest absolute Gasteiger partial charge is 0.573 e. The van der Waals surface area contributed by atoms with Crippen molar-refractivity contribution in [3.05, 3.63) is 18.2 Å². The van der Waals surface area contributed by atoms with Gasteiger partial charge in [-0.1, -0.05) is 0 Å². The van der Waals surface area contributed by atoms with E-state index in [-0.39, 0.29) is 5.75 Å². The first-order chi connectivity index (χ1) is 7.63. The third-order valence-electron chi connectivity index (χ3n) is 1.68. The average molecular weight is 271 g/mol. The second kappa shape index (κ2) is 4.41. The fraction of sp³-hybridized carbons (Fsp3) is 0.250. The summed E-state index contributed by atoms with van der Waals surface area (Å²) in [5, 5.41) is 4.77. The summed E-state index contributed by atoms with van der Waals surface area (Å²) < 4.78 is 66.4. The molecule has 0 fully saturated rings. The van der Waals surface area contributed by atoms with Crippen LogP contribution >= 0.6 is 0 Å². The molecule has 0 atom stereocenters. The summed E-state index contributed by atoms with van der Waals surface area (Å²) in [4.78, 5) is -0.797. The van der Waals surface area contributed by atoms with Crippen molar-refractivity contribution in [3.8, 4) is 11.5 Å². The molecule has 0 aliphatic rings. The van der Waals surface area contributed by atoms with Crippen LogP contribution in [0, 0.1) is 0 Å². The van der Waals surface area contributed by atoms with Crippen LogP contribution in [0.15, 0.2) is 23.1 Å². The van der Waals surface area contributed by atoms with E-state index in [2.05, 4.69) is 9.47 Å². The molecule has 0 aliphatic heterocycles. The highest BCUT2D eigenvalue weighted by Gasteiger charge is 2.33. The molecule has 1 aromatic carbocycles. The fourth-order valence-electron chi connectivity index (χ4n) is 1.05. The molecule has 0 heterocycles. The molecule has 5 nitrogen and oxygen atoms in total. The monoisotopic (exact) mass is 271 g/mol. The topological polar surface area (TPSA) is 78.6 Å². The Kier molecular flexibility index (Phi) is 3.53. The van der Waals surface area contributed by atoms with Gasteiger partial charge in [0.15, 0.2) is 0 Å². The SMILES string of the molecule is COc1ccc(OC(F)(F)F)c(S(N)(=O)=O)c1. The lowest BCUT2D eigenvalue weighted by Crippen LogP contribution is -2.21. The standard InChI is InChI=1S/C8H8F3NO4S/c1-15-5-2-3-6(16-8(9,10)11)7(4-5)17(12,13)14/h2-4H,1H3,(H2,12,13,14). The third-order valence-corrected chi connectivity index (χ3v) is 2.62. The Hall–Kier alpha value is -1.48. The van der Waals surface area contributed by atoms with Gasteiger partial charge in [-0.2, -0.15) is 0 Å². The Morgan fingerprint density at radius 2 is 1.88 bits per heavy atom. The Balaban J connectivity index is 3.31. The molecule has 0 saturated heterocycles. The summed E-state index contributed by atoms with van der Waals surface area (Å²) in [6.45, 7) is 0. The zero-order chi connectivity index (χ0) is 13.3. The second-order valence-corrected chi connectivity index (χ2v) is 4.44. The van der Waals surface area contributed by atoms with Crippen molar-refractivity contribution in [3.63, 3.8) is 0 Å². The van der Waals surface area contributed by atoms with Gasteiger partial charge in [0.05, 0.1) is 7.11 Å². The highest BCUT2D eigenvalue weighted by molar-refractivity contribution is 7.89. The van der Waals surface area contributed by atoms with E-state index in [0.29, 0.717) is 0 Å². The van der Waals surface area contributed by atoms with E-state index in [1.807, 2.05) is 0 Å². The van der Waals surface area contributed by atoms with Crippen molar-refractivity contribution in [2.24, 2.45) is 5.14 Å². The van der Waals surface area contributed by atoms with E-state index in [1.54, 1.807) is 0 Å². The molecule has 0 amide bonds. The number of hydrogen-bond donors (Lipinski definition) is 1. The van der Waals surface area contributed by atoms with Crippen LogP contribution < -0.4 is 14.6 Å². The number of primary sulfonamides is 1. The Bertz CT molecular complexity index is 512. The molecule has 96 valence electrons. The summed E-state index contributed by atoms with van der Waals surface area (Å²) >= 11 is 0. The molecular formula is C8H8F3NO4S. The maximum absolute atomic E-state index is 12.0. The van der Waals surface area contributed by atoms with Crippen molar-refractivity contribution in [1.29, 1.82) is 0 Å². The molecule has 0 spiro atoms. The van der Waals surface area contributed by atoms with Crippen LogP contribution in [-0.2, 0) is 10.0 Å². The van der Waals surface area contributed by atoms with Crippen molar-refractivity contribution in [2.45, 2.75) is 11.3 Å². The van der Waals surface area contributed by atoms with Crippen LogP contribution in [0.2, 0.25) is 0 Å². The lowest BCUT2D eigenvalue weighted by molar-refractivity contribution is -0.275. The third kappa shape index (κ3) is 3.79. The molecule has 1 aromatic rings. The predicted octanol–water partition coefficient (Wildman–Crippen LogP) is 1.24. The Labute approximate surface area is 95.0 Å². The Morgan fingerprint density at radius 3 is 2.29 bits per heavy atom. The van der Waals surface area contributed by atoms with E-state index in [9.17, 15) is 21.6 Å². The summed E-state index contributed by atoms with van der Waals surface area (Å²) in [5.41, 5.74) is 0. The van der Waals surface area contributed by atoms with Gasteiger partial charge in [-0.3, -0.25) is 0 Å². The lowest BCUT2D eigenvalue weighted by atomic mass is 10.3. The average Bonchev–Trinajstić information content (AvgIpc) is 2.14. The van der Waals surface area contributed by atoms with Gasteiger partial charge in [0.2, 0.25) is 10.0 Å². The van der Waals surface area contributed by atoms with Gasteiger partial charge >= 0.3 is 6.36 Å². The van der Waals surface area contributed by atoms with Gasteiger partial charge < -0.3 is 9.47 Å². The molecule has 17 heavy (non-hydrogen) atoms. The number of hydrogen-bond acceptors (Lipinski definition) is 4. The van der Waals surface area contributed by atoms with Crippen molar-refractivity contribution in [1.82, 2.24) is 0 Å². The zero-order valence-electron chi connectivity index (χ0n) is 8.48. The van der Waals surface area contributed by atoms with Crippen molar-refractivity contribution < 1.29 is 31.1 Å². The second-order valence-electron chi connectivity index (χ2n) is 2.91. The highest BCUT2D eigenvalue weighted by Crippen LogP contribution is 2.31. The first-order valence-electron chi connectivity index (χ1n) is 4.10. The van der Waals surface area contributed by atoms with Gasteiger partial charge in [-0.15, -0.1) is 13.2 Å². The van der Waals surface area contributed by atoms with Crippen LogP contribution in [-0.4, -0.2) is 21.9 Å². The summed E-state index contributed by atoms with van der Waals surface area (Å²) in [5.74, 6) is -0.857. The smallest absolute Gasteiger partial charge is 0.497 e. The van der Waals surface area contributed by atoms with Gasteiger partial charge in [0.1, 0.15) is 16.4 Å². The molecule has 0 bridgehead atoms. The van der Waals surface area contributed by atoms with E-state index < -0.39 is 27.0 Å². The number of halogens is 3. The molecular weight excluding hydrogens is 263 g/mol. The number of sulfonamides is 1. The zero-order valence-corrected chi connectivity index (χ0v) is 9.30. The molecule has 0 radical (unpaired) electrons. The van der Waals surface area contributed by atoms with E-state index >= 15 is 0 Å². The first-order valence-corrected chi connectivity index (χ1v) is 5.65. The van der Waals surface area contributed by atoms with Crippen LogP contribution in [0.4, 0.5) is 13.2 Å². The van der Waals surface area contributed by atoms with Gasteiger partial charge in [0.25, 0.3) is 0 Å². The number of benzene rings is 1. The van der Waals surface area contributed by atoms with Crippen molar-refractivity contribution >= 4 is 10.0 Å². The van der Waals surface area contributed by atoms with Gasteiger partial charge in [-0.25, -0.2) is 13.6 Å². The van der Waals surface area contributed by atoms with Crippen LogP contribution in [0.25, 0.3) is 0 Å². The maximum Gasteiger partial charge on any atom is 0.573 e. The van der Waals surface area contributed by atoms with E-state index in [1.165, 1.54) is 7.11 Å². The number of alkyl halides is 3. The van der Waals surface area contributed by atoms with Gasteiger partial charge in [0, 0.05) is 6.07 Å².